The van der Waals surface area contributed by atoms with Crippen molar-refractivity contribution in [1.82, 2.24) is 10.2 Å². The van der Waals surface area contributed by atoms with E-state index in [0.29, 0.717) is 47.6 Å². The molecule has 0 aliphatic heterocycles. The van der Waals surface area contributed by atoms with Crippen LogP contribution >= 0.6 is 23.2 Å². The Morgan fingerprint density at radius 3 is 2.17 bits per heavy atom. The number of halogens is 2. The topological polar surface area (TPSA) is 67.9 Å². The standard InChI is InChI=1S/C28H38Cl2N2O4/c1-6-19(5)31-28(34)24(7-2)32(18-21-10-13-22(29)23(30)16-21)27(33)15-12-20-11-14-25(35-8-3)26(17-20)36-9-4/h10-11,13-14,16-17,19,24H,6-9,12,15,18H2,1-5H3,(H,31,34). The summed E-state index contributed by atoms with van der Waals surface area (Å²) in [6.45, 7) is 11.0. The van der Waals surface area contributed by atoms with Crippen LogP contribution in [0.15, 0.2) is 36.4 Å². The molecule has 0 bridgehead atoms. The number of nitrogens with zero attached hydrogens (tertiary/aromatic N) is 1. The molecule has 6 nitrogen and oxygen atoms in total. The number of amides is 2. The molecule has 198 valence electrons. The maximum Gasteiger partial charge on any atom is 0.243 e. The normalized spacial score (nSPS) is 12.5. The molecule has 0 aromatic heterocycles. The molecule has 2 unspecified atom stereocenters. The Morgan fingerprint density at radius 1 is 0.889 bits per heavy atom. The molecule has 0 saturated carbocycles. The summed E-state index contributed by atoms with van der Waals surface area (Å²) >= 11 is 12.3. The van der Waals surface area contributed by atoms with E-state index in [4.69, 9.17) is 32.7 Å². The van der Waals surface area contributed by atoms with Crippen LogP contribution in [0.2, 0.25) is 10.0 Å². The van der Waals surface area contributed by atoms with Gasteiger partial charge in [0.15, 0.2) is 11.5 Å². The van der Waals surface area contributed by atoms with Crippen molar-refractivity contribution in [2.24, 2.45) is 0 Å². The SMILES string of the molecule is CCOc1ccc(CCC(=O)N(Cc2ccc(Cl)c(Cl)c2)C(CC)C(=O)NC(C)CC)cc1OCC. The zero-order valence-electron chi connectivity index (χ0n) is 21.9. The van der Waals surface area contributed by atoms with Gasteiger partial charge in [-0.15, -0.1) is 0 Å². The molecule has 2 aromatic rings. The van der Waals surface area contributed by atoms with Gasteiger partial charge in [-0.2, -0.15) is 0 Å². The fraction of sp³-hybridized carbons (Fsp3) is 0.500. The maximum atomic E-state index is 13.5. The van der Waals surface area contributed by atoms with E-state index in [1.807, 2.05) is 58.9 Å². The number of benzene rings is 2. The summed E-state index contributed by atoms with van der Waals surface area (Å²) in [6.07, 6.45) is 2.05. The molecule has 0 saturated heterocycles. The second-order valence-electron chi connectivity index (χ2n) is 8.66. The first kappa shape index (κ1) is 29.8. The van der Waals surface area contributed by atoms with E-state index in [2.05, 4.69) is 5.32 Å². The van der Waals surface area contributed by atoms with Crippen molar-refractivity contribution in [2.45, 2.75) is 78.9 Å². The molecule has 2 rings (SSSR count). The van der Waals surface area contributed by atoms with Crippen LogP contribution in [0.25, 0.3) is 0 Å². The molecule has 0 spiro atoms. The number of hydrogen-bond acceptors (Lipinski definition) is 4. The summed E-state index contributed by atoms with van der Waals surface area (Å²) in [5, 5.41) is 3.88. The Balaban J connectivity index is 2.26. The minimum absolute atomic E-state index is 0.0225. The van der Waals surface area contributed by atoms with Crippen molar-refractivity contribution in [1.29, 1.82) is 0 Å². The van der Waals surface area contributed by atoms with Gasteiger partial charge in [0, 0.05) is 19.0 Å². The lowest BCUT2D eigenvalue weighted by atomic mass is 10.1. The van der Waals surface area contributed by atoms with E-state index in [0.717, 1.165) is 17.5 Å². The van der Waals surface area contributed by atoms with Crippen LogP contribution in [0.1, 0.15) is 65.0 Å². The molecule has 2 atom stereocenters. The van der Waals surface area contributed by atoms with Gasteiger partial charge in [0.05, 0.1) is 23.3 Å². The van der Waals surface area contributed by atoms with Gasteiger partial charge in [0.25, 0.3) is 0 Å². The zero-order chi connectivity index (χ0) is 26.7. The van der Waals surface area contributed by atoms with Gasteiger partial charge in [-0.3, -0.25) is 9.59 Å². The van der Waals surface area contributed by atoms with Crippen LogP contribution in [-0.2, 0) is 22.6 Å². The fourth-order valence-electron chi connectivity index (χ4n) is 3.84. The number of carbonyl (C=O) groups is 2. The third kappa shape index (κ3) is 8.59. The lowest BCUT2D eigenvalue weighted by Crippen LogP contribution is -2.50. The molecule has 0 heterocycles. The lowest BCUT2D eigenvalue weighted by molar-refractivity contribution is -0.141. The van der Waals surface area contributed by atoms with Gasteiger partial charge < -0.3 is 19.7 Å². The molecular formula is C28H38Cl2N2O4. The third-order valence-electron chi connectivity index (χ3n) is 5.96. The summed E-state index contributed by atoms with van der Waals surface area (Å²) in [5.74, 6) is 1.08. The van der Waals surface area contributed by atoms with Crippen molar-refractivity contribution in [2.75, 3.05) is 13.2 Å². The van der Waals surface area contributed by atoms with Gasteiger partial charge in [0.1, 0.15) is 6.04 Å². The Bertz CT molecular complexity index is 1020. The second kappa shape index (κ2) is 15.0. The highest BCUT2D eigenvalue weighted by atomic mass is 35.5. The number of carbonyl (C=O) groups excluding carboxylic acids is 2. The second-order valence-corrected chi connectivity index (χ2v) is 9.47. The fourth-order valence-corrected chi connectivity index (χ4v) is 4.16. The van der Waals surface area contributed by atoms with E-state index in [1.54, 1.807) is 17.0 Å². The highest BCUT2D eigenvalue weighted by Gasteiger charge is 2.29. The number of rotatable bonds is 14. The number of ether oxygens (including phenoxy) is 2. The number of aryl methyl sites for hydroxylation is 1. The third-order valence-corrected chi connectivity index (χ3v) is 6.70. The largest absolute Gasteiger partial charge is 0.490 e. The first-order valence-electron chi connectivity index (χ1n) is 12.7. The van der Waals surface area contributed by atoms with Crippen molar-refractivity contribution in [3.63, 3.8) is 0 Å². The molecule has 2 amide bonds. The van der Waals surface area contributed by atoms with Gasteiger partial charge in [-0.05, 0) is 75.4 Å². The van der Waals surface area contributed by atoms with Gasteiger partial charge in [0.2, 0.25) is 11.8 Å². The van der Waals surface area contributed by atoms with Gasteiger partial charge >= 0.3 is 0 Å². The summed E-state index contributed by atoms with van der Waals surface area (Å²) in [6, 6.07) is 10.4. The minimum Gasteiger partial charge on any atom is -0.490 e. The van der Waals surface area contributed by atoms with Crippen molar-refractivity contribution >= 4 is 35.0 Å². The van der Waals surface area contributed by atoms with Crippen LogP contribution in [-0.4, -0.2) is 42.0 Å². The molecule has 1 N–H and O–H groups in total. The molecule has 0 aliphatic carbocycles. The Labute approximate surface area is 225 Å². The maximum absolute atomic E-state index is 13.5. The molecule has 0 radical (unpaired) electrons. The smallest absolute Gasteiger partial charge is 0.243 e. The van der Waals surface area contributed by atoms with E-state index in [9.17, 15) is 9.59 Å². The first-order valence-corrected chi connectivity index (χ1v) is 13.4. The summed E-state index contributed by atoms with van der Waals surface area (Å²) in [4.78, 5) is 28.3. The molecule has 36 heavy (non-hydrogen) atoms. The average Bonchev–Trinajstić information content (AvgIpc) is 2.86. The molecule has 0 aliphatic rings. The van der Waals surface area contributed by atoms with Crippen LogP contribution in [0.4, 0.5) is 0 Å². The summed E-state index contributed by atoms with van der Waals surface area (Å²) < 4.78 is 11.4. The van der Waals surface area contributed by atoms with Crippen LogP contribution in [0.3, 0.4) is 0 Å². The Hall–Kier alpha value is -2.44. The Morgan fingerprint density at radius 2 is 1.56 bits per heavy atom. The van der Waals surface area contributed by atoms with Crippen molar-refractivity contribution < 1.29 is 19.1 Å². The van der Waals surface area contributed by atoms with E-state index in [1.165, 1.54) is 0 Å². The monoisotopic (exact) mass is 536 g/mol. The predicted molar refractivity (Wildman–Crippen MR) is 146 cm³/mol. The highest BCUT2D eigenvalue weighted by molar-refractivity contribution is 6.42. The number of nitrogens with one attached hydrogen (secondary N) is 1. The Kier molecular flexibility index (Phi) is 12.4. The molecule has 2 aromatic carbocycles. The average molecular weight is 538 g/mol. The van der Waals surface area contributed by atoms with Crippen LogP contribution in [0, 0.1) is 0 Å². The van der Waals surface area contributed by atoms with E-state index >= 15 is 0 Å². The van der Waals surface area contributed by atoms with Crippen LogP contribution < -0.4 is 14.8 Å². The molecule has 0 fully saturated rings. The minimum atomic E-state index is -0.597. The van der Waals surface area contributed by atoms with Crippen molar-refractivity contribution in [3.05, 3.63) is 57.6 Å². The number of hydrogen-bond donors (Lipinski definition) is 1. The molecular weight excluding hydrogens is 499 g/mol. The van der Waals surface area contributed by atoms with Gasteiger partial charge in [-0.1, -0.05) is 49.2 Å². The molecule has 8 heteroatoms. The quantitative estimate of drug-likeness (QED) is 0.301. The lowest BCUT2D eigenvalue weighted by Gasteiger charge is -2.31. The summed E-state index contributed by atoms with van der Waals surface area (Å²) in [5.41, 5.74) is 1.77. The first-order chi connectivity index (χ1) is 17.2. The van der Waals surface area contributed by atoms with E-state index < -0.39 is 6.04 Å². The van der Waals surface area contributed by atoms with Gasteiger partial charge in [-0.25, -0.2) is 0 Å². The highest BCUT2D eigenvalue weighted by Crippen LogP contribution is 2.29. The predicted octanol–water partition coefficient (Wildman–Crippen LogP) is 6.45. The van der Waals surface area contributed by atoms with Crippen molar-refractivity contribution in [3.8, 4) is 11.5 Å². The summed E-state index contributed by atoms with van der Waals surface area (Å²) in [7, 11) is 0. The van der Waals surface area contributed by atoms with E-state index in [-0.39, 0.29) is 30.8 Å². The van der Waals surface area contributed by atoms with Crippen LogP contribution in [0.5, 0.6) is 11.5 Å². The zero-order valence-corrected chi connectivity index (χ0v) is 23.4.